The molecule has 1 amide bonds. The van der Waals surface area contributed by atoms with Gasteiger partial charge in [-0.15, -0.1) is 0 Å². The smallest absolute Gasteiger partial charge is 0.326 e. The number of unbranched alkanes of at least 4 members (excludes halogenated alkanes) is 1. The van der Waals surface area contributed by atoms with Crippen molar-refractivity contribution in [3.8, 4) is 0 Å². The molecule has 5 N–H and O–H groups in total. The minimum absolute atomic E-state index is 0.144. The molecule has 0 radical (unpaired) electrons. The predicted octanol–water partition coefficient (Wildman–Crippen LogP) is 2.25. The minimum Gasteiger partial charge on any atom is -0.480 e. The molecule has 1 aliphatic rings. The minimum atomic E-state index is -1.01. The number of aliphatic carboxylic acids is 1. The number of hydrazine groups is 3. The third-order valence-electron chi connectivity index (χ3n) is 5.05. The molecule has 1 atom stereocenters. The SMILES string of the molecule is C=C/C(=C(\C=C)C1NNNN1)c1ccc(CN(C(=O)CCCC)[C@@H](C)C(=O)O)cc1. The van der Waals surface area contributed by atoms with Gasteiger partial charge in [0.05, 0.1) is 0 Å². The van der Waals surface area contributed by atoms with Crippen LogP contribution in [0.25, 0.3) is 5.57 Å². The summed E-state index contributed by atoms with van der Waals surface area (Å²) >= 11 is 0. The van der Waals surface area contributed by atoms with Gasteiger partial charge in [0.2, 0.25) is 5.91 Å². The van der Waals surface area contributed by atoms with Gasteiger partial charge >= 0.3 is 5.97 Å². The summed E-state index contributed by atoms with van der Waals surface area (Å²) < 4.78 is 0. The van der Waals surface area contributed by atoms with Gasteiger partial charge in [-0.2, -0.15) is 11.1 Å². The average Bonchev–Trinajstić information content (AvgIpc) is 3.28. The molecular weight excluding hydrogens is 382 g/mol. The van der Waals surface area contributed by atoms with Crippen molar-refractivity contribution < 1.29 is 14.7 Å². The maximum atomic E-state index is 12.6. The number of carbonyl (C=O) groups is 2. The Morgan fingerprint density at radius 1 is 1.17 bits per heavy atom. The van der Waals surface area contributed by atoms with Crippen LogP contribution in [0.3, 0.4) is 0 Å². The summed E-state index contributed by atoms with van der Waals surface area (Å²) in [5.74, 6) is -1.16. The molecule has 8 nitrogen and oxygen atoms in total. The standard InChI is InChI=1S/C22H31N5O3/c1-5-8-9-20(28)27(15(4)22(29)30)14-16-10-12-17(13-11-16)18(6-2)19(7-3)21-23-25-26-24-21/h6-7,10-13,15,21,23-26H,2-3,5,8-9,14H2,1,4H3,(H,29,30)/b19-18-/t15-/m0/s1. The Balaban J connectivity index is 2.25. The van der Waals surface area contributed by atoms with Gasteiger partial charge in [0.1, 0.15) is 12.2 Å². The van der Waals surface area contributed by atoms with Gasteiger partial charge in [-0.1, -0.05) is 62.9 Å². The van der Waals surface area contributed by atoms with E-state index in [-0.39, 0.29) is 18.6 Å². The quantitative estimate of drug-likeness (QED) is 0.354. The third-order valence-corrected chi connectivity index (χ3v) is 5.05. The number of allylic oxidation sites excluding steroid dienone is 2. The Hall–Kier alpha value is -2.78. The molecule has 1 fully saturated rings. The molecule has 1 aliphatic heterocycles. The molecule has 0 saturated carbocycles. The molecular formula is C22H31N5O3. The number of rotatable bonds is 11. The molecule has 2 rings (SSSR count). The third kappa shape index (κ3) is 5.87. The fraction of sp³-hybridized carbons (Fsp3) is 0.364. The van der Waals surface area contributed by atoms with Crippen LogP contribution in [0.1, 0.15) is 44.2 Å². The number of nitrogens with zero attached hydrogens (tertiary/aromatic N) is 1. The van der Waals surface area contributed by atoms with Gasteiger partial charge in [0.15, 0.2) is 0 Å². The largest absolute Gasteiger partial charge is 0.480 e. The number of carboxylic acid groups (broad SMARTS) is 1. The van der Waals surface area contributed by atoms with E-state index in [0.717, 1.165) is 35.1 Å². The Kier molecular flexibility index (Phi) is 8.94. The molecule has 0 aromatic heterocycles. The van der Waals surface area contributed by atoms with Gasteiger partial charge in [-0.25, -0.2) is 15.6 Å². The van der Waals surface area contributed by atoms with Gasteiger partial charge in [-0.05, 0) is 35.6 Å². The lowest BCUT2D eigenvalue weighted by atomic mass is 9.97. The number of carboxylic acids is 1. The van der Waals surface area contributed by atoms with E-state index in [0.29, 0.717) is 6.42 Å². The van der Waals surface area contributed by atoms with Crippen LogP contribution in [0, 0.1) is 0 Å². The highest BCUT2D eigenvalue weighted by molar-refractivity contribution is 5.83. The van der Waals surface area contributed by atoms with Crippen molar-refractivity contribution in [2.45, 2.75) is 51.9 Å². The van der Waals surface area contributed by atoms with Crippen LogP contribution in [0.5, 0.6) is 0 Å². The Morgan fingerprint density at radius 3 is 2.30 bits per heavy atom. The topological polar surface area (TPSA) is 106 Å². The maximum absolute atomic E-state index is 12.6. The van der Waals surface area contributed by atoms with Crippen LogP contribution >= 0.6 is 0 Å². The lowest BCUT2D eigenvalue weighted by Gasteiger charge is -2.27. The molecule has 0 bridgehead atoms. The molecule has 1 aromatic carbocycles. The second kappa shape index (κ2) is 11.4. The zero-order valence-electron chi connectivity index (χ0n) is 17.6. The van der Waals surface area contributed by atoms with E-state index >= 15 is 0 Å². The second-order valence-electron chi connectivity index (χ2n) is 7.09. The molecule has 0 aliphatic carbocycles. The molecule has 162 valence electrons. The normalized spacial score (nSPS) is 15.9. The number of hydrogen-bond acceptors (Lipinski definition) is 6. The summed E-state index contributed by atoms with van der Waals surface area (Å²) in [6.07, 6.45) is 5.31. The Bertz CT molecular complexity index is 797. The highest BCUT2D eigenvalue weighted by Crippen LogP contribution is 2.24. The molecule has 8 heteroatoms. The molecule has 1 aromatic rings. The lowest BCUT2D eigenvalue weighted by Crippen LogP contribution is -2.42. The van der Waals surface area contributed by atoms with E-state index in [1.807, 2.05) is 31.2 Å². The van der Waals surface area contributed by atoms with E-state index in [4.69, 9.17) is 0 Å². The Morgan fingerprint density at radius 2 is 1.80 bits per heavy atom. The van der Waals surface area contributed by atoms with E-state index in [1.165, 1.54) is 4.90 Å². The van der Waals surface area contributed by atoms with Crippen LogP contribution in [0.2, 0.25) is 0 Å². The molecule has 0 spiro atoms. The second-order valence-corrected chi connectivity index (χ2v) is 7.09. The first-order valence-electron chi connectivity index (χ1n) is 10.0. The first-order chi connectivity index (χ1) is 14.4. The average molecular weight is 414 g/mol. The summed E-state index contributed by atoms with van der Waals surface area (Å²) in [4.78, 5) is 25.5. The summed E-state index contributed by atoms with van der Waals surface area (Å²) in [6, 6.07) is 6.79. The van der Waals surface area contributed by atoms with E-state index < -0.39 is 12.0 Å². The van der Waals surface area contributed by atoms with Crippen LogP contribution in [-0.4, -0.2) is 34.1 Å². The fourth-order valence-electron chi connectivity index (χ4n) is 3.23. The lowest BCUT2D eigenvalue weighted by molar-refractivity contribution is -0.150. The van der Waals surface area contributed by atoms with Crippen molar-refractivity contribution in [2.75, 3.05) is 0 Å². The van der Waals surface area contributed by atoms with Crippen LogP contribution < -0.4 is 21.9 Å². The Labute approximate surface area is 177 Å². The van der Waals surface area contributed by atoms with Gasteiger partial charge in [-0.3, -0.25) is 4.79 Å². The maximum Gasteiger partial charge on any atom is 0.326 e. The van der Waals surface area contributed by atoms with Crippen molar-refractivity contribution >= 4 is 17.4 Å². The van der Waals surface area contributed by atoms with Gasteiger partial charge in [0, 0.05) is 13.0 Å². The summed E-state index contributed by atoms with van der Waals surface area (Å²) in [5, 5.41) is 9.40. The number of carbonyl (C=O) groups excluding carboxylic acids is 1. The molecule has 1 saturated heterocycles. The zero-order chi connectivity index (χ0) is 22.1. The van der Waals surface area contributed by atoms with Gasteiger partial charge in [0.25, 0.3) is 0 Å². The molecule has 30 heavy (non-hydrogen) atoms. The summed E-state index contributed by atoms with van der Waals surface area (Å²) in [7, 11) is 0. The highest BCUT2D eigenvalue weighted by Gasteiger charge is 2.25. The first kappa shape index (κ1) is 23.5. The predicted molar refractivity (Wildman–Crippen MR) is 117 cm³/mol. The van der Waals surface area contributed by atoms with Gasteiger partial charge < -0.3 is 10.0 Å². The van der Waals surface area contributed by atoms with Crippen molar-refractivity contribution in [1.82, 2.24) is 26.8 Å². The fourth-order valence-corrected chi connectivity index (χ4v) is 3.23. The van der Waals surface area contributed by atoms with Crippen LogP contribution in [0.4, 0.5) is 0 Å². The highest BCUT2D eigenvalue weighted by atomic mass is 16.4. The van der Waals surface area contributed by atoms with Crippen LogP contribution in [0.15, 0.2) is 55.1 Å². The molecule has 1 heterocycles. The van der Waals surface area contributed by atoms with E-state index in [9.17, 15) is 14.7 Å². The van der Waals surface area contributed by atoms with Crippen molar-refractivity contribution in [3.63, 3.8) is 0 Å². The van der Waals surface area contributed by atoms with E-state index in [2.05, 4.69) is 35.1 Å². The number of benzene rings is 1. The van der Waals surface area contributed by atoms with E-state index in [1.54, 1.807) is 19.1 Å². The monoisotopic (exact) mass is 413 g/mol. The first-order valence-corrected chi connectivity index (χ1v) is 10.0. The number of hydrogen-bond donors (Lipinski definition) is 5. The summed E-state index contributed by atoms with van der Waals surface area (Å²) in [6.45, 7) is 11.6. The molecule has 0 unspecified atom stereocenters. The van der Waals surface area contributed by atoms with Crippen molar-refractivity contribution in [1.29, 1.82) is 0 Å². The number of amides is 1. The van der Waals surface area contributed by atoms with Crippen molar-refractivity contribution in [3.05, 3.63) is 66.3 Å². The summed E-state index contributed by atoms with van der Waals surface area (Å²) in [5.41, 5.74) is 15.2. The number of nitrogens with one attached hydrogen (secondary N) is 4. The van der Waals surface area contributed by atoms with Crippen LogP contribution in [-0.2, 0) is 16.1 Å². The van der Waals surface area contributed by atoms with Crippen molar-refractivity contribution in [2.24, 2.45) is 0 Å². The zero-order valence-corrected chi connectivity index (χ0v) is 17.6.